The number of carbonyl (C=O) groups is 2. The minimum Gasteiger partial charge on any atom is -0.455 e. The van der Waals surface area contributed by atoms with Gasteiger partial charge in [0.1, 0.15) is 12.2 Å². The molecule has 124 valence electrons. The maximum Gasteiger partial charge on any atom is 0.413 e. The molecule has 0 aliphatic rings. The number of amides is 1. The molecule has 0 aromatic heterocycles. The molecule has 0 heterocycles. The second-order valence-corrected chi connectivity index (χ2v) is 5.91. The van der Waals surface area contributed by atoms with Gasteiger partial charge in [-0.2, -0.15) is 4.79 Å². The summed E-state index contributed by atoms with van der Waals surface area (Å²) in [6.07, 6.45) is 0.516. The van der Waals surface area contributed by atoms with Gasteiger partial charge in [0.15, 0.2) is 0 Å². The summed E-state index contributed by atoms with van der Waals surface area (Å²) in [6, 6.07) is 8.98. The summed E-state index contributed by atoms with van der Waals surface area (Å²) in [7, 11) is 0. The molecule has 1 aromatic carbocycles. The molecule has 1 aromatic rings. The van der Waals surface area contributed by atoms with Gasteiger partial charge < -0.3 is 20.3 Å². The molecule has 23 heavy (non-hydrogen) atoms. The van der Waals surface area contributed by atoms with Crippen LogP contribution in [0.3, 0.4) is 0 Å². The van der Waals surface area contributed by atoms with Crippen LogP contribution in [0.25, 0.3) is 5.53 Å². The van der Waals surface area contributed by atoms with Crippen molar-refractivity contribution in [3.05, 3.63) is 41.4 Å². The maximum atomic E-state index is 11.9. The molecule has 7 nitrogen and oxygen atoms in total. The van der Waals surface area contributed by atoms with Gasteiger partial charge in [0.25, 0.3) is 0 Å². The Morgan fingerprint density at radius 2 is 1.96 bits per heavy atom. The highest BCUT2D eigenvalue weighted by molar-refractivity contribution is 6.20. The summed E-state index contributed by atoms with van der Waals surface area (Å²) in [5.41, 5.74) is 8.64. The van der Waals surface area contributed by atoms with Crippen LogP contribution in [0.5, 0.6) is 0 Å². The Balaban J connectivity index is 2.69. The van der Waals surface area contributed by atoms with E-state index >= 15 is 0 Å². The zero-order valence-corrected chi connectivity index (χ0v) is 13.5. The molecular formula is C16H21N3O4. The lowest BCUT2D eigenvalue weighted by Crippen LogP contribution is -2.43. The lowest BCUT2D eigenvalue weighted by Gasteiger charge is -2.23. The molecule has 7 heteroatoms. The number of ether oxygens (including phenoxy) is 2. The Bertz CT molecular complexity index is 575. The quantitative estimate of drug-likeness (QED) is 0.375. The topological polar surface area (TPSA) is 101 Å². The molecule has 1 atom stereocenters. The second-order valence-electron chi connectivity index (χ2n) is 5.91. The van der Waals surface area contributed by atoms with Crippen molar-refractivity contribution in [3.8, 4) is 0 Å². The fourth-order valence-corrected chi connectivity index (χ4v) is 1.79. The number of esters is 1. The van der Waals surface area contributed by atoms with Crippen molar-refractivity contribution in [2.24, 2.45) is 0 Å². The fraction of sp³-hybridized carbons (Fsp3) is 0.438. The van der Waals surface area contributed by atoms with Crippen molar-refractivity contribution in [2.45, 2.75) is 38.8 Å². The molecular weight excluding hydrogens is 298 g/mol. The van der Waals surface area contributed by atoms with Gasteiger partial charge in [-0.25, -0.2) is 9.59 Å². The van der Waals surface area contributed by atoms with Crippen molar-refractivity contribution >= 4 is 18.3 Å². The molecule has 0 aliphatic carbocycles. The lowest BCUT2D eigenvalue weighted by molar-refractivity contribution is -0.139. The number of rotatable bonds is 6. The minimum absolute atomic E-state index is 0.0704. The molecule has 0 unspecified atom stereocenters. The van der Waals surface area contributed by atoms with Crippen molar-refractivity contribution in [1.29, 1.82) is 0 Å². The Labute approximate surface area is 135 Å². The van der Waals surface area contributed by atoms with Gasteiger partial charge >= 0.3 is 18.3 Å². The van der Waals surface area contributed by atoms with Crippen LogP contribution in [-0.2, 0) is 20.7 Å². The van der Waals surface area contributed by atoms with Gasteiger partial charge in [-0.15, -0.1) is 0 Å². The number of hydrogen-bond acceptors (Lipinski definition) is 4. The van der Waals surface area contributed by atoms with E-state index in [1.165, 1.54) is 0 Å². The minimum atomic E-state index is -0.795. The van der Waals surface area contributed by atoms with Crippen molar-refractivity contribution in [3.63, 3.8) is 0 Å². The zero-order chi connectivity index (χ0) is 17.3. The van der Waals surface area contributed by atoms with Gasteiger partial charge in [-0.1, -0.05) is 30.3 Å². The van der Waals surface area contributed by atoms with Crippen LogP contribution in [0, 0.1) is 0 Å². The zero-order valence-electron chi connectivity index (χ0n) is 13.5. The molecule has 1 N–H and O–H groups in total. The second kappa shape index (κ2) is 8.70. The predicted octanol–water partition coefficient (Wildman–Crippen LogP) is 1.97. The van der Waals surface area contributed by atoms with E-state index in [-0.39, 0.29) is 6.61 Å². The number of alkyl carbamates (subject to hydrolysis) is 1. The summed E-state index contributed by atoms with van der Waals surface area (Å²) in [5, 5.41) is 2.67. The summed E-state index contributed by atoms with van der Waals surface area (Å²) in [4.78, 5) is 25.7. The first-order chi connectivity index (χ1) is 10.8. The van der Waals surface area contributed by atoms with Crippen molar-refractivity contribution in [1.82, 2.24) is 5.32 Å². The third-order valence-electron chi connectivity index (χ3n) is 2.64. The molecule has 1 amide bonds. The van der Waals surface area contributed by atoms with Gasteiger partial charge in [-0.05, 0) is 32.8 Å². The molecule has 0 saturated heterocycles. The SMILES string of the molecule is CC(C)(C)OC(=O)N[C@@H](COC(=O)C=[N+]=[N-])Cc1ccccc1. The van der Waals surface area contributed by atoms with E-state index in [1.807, 2.05) is 30.3 Å². The number of carbonyl (C=O) groups excluding carboxylic acids is 2. The van der Waals surface area contributed by atoms with E-state index in [9.17, 15) is 9.59 Å². The van der Waals surface area contributed by atoms with Gasteiger partial charge in [0.2, 0.25) is 0 Å². The molecule has 0 bridgehead atoms. The van der Waals surface area contributed by atoms with Crippen molar-refractivity contribution in [2.75, 3.05) is 6.61 Å². The molecule has 1 rings (SSSR count). The predicted molar refractivity (Wildman–Crippen MR) is 83.9 cm³/mol. The van der Waals surface area contributed by atoms with Gasteiger partial charge in [-0.3, -0.25) is 0 Å². The van der Waals surface area contributed by atoms with E-state index in [0.29, 0.717) is 12.6 Å². The monoisotopic (exact) mass is 319 g/mol. The third-order valence-corrected chi connectivity index (χ3v) is 2.64. The fourth-order valence-electron chi connectivity index (χ4n) is 1.79. The Morgan fingerprint density at radius 3 is 2.52 bits per heavy atom. The molecule has 0 radical (unpaired) electrons. The average Bonchev–Trinajstić information content (AvgIpc) is 2.44. The highest BCUT2D eigenvalue weighted by atomic mass is 16.6. The maximum absolute atomic E-state index is 11.9. The summed E-state index contributed by atoms with van der Waals surface area (Å²) >= 11 is 0. The first kappa shape index (κ1) is 18.4. The van der Waals surface area contributed by atoms with E-state index < -0.39 is 23.7 Å². The van der Waals surface area contributed by atoms with Crippen LogP contribution >= 0.6 is 0 Å². The van der Waals surface area contributed by atoms with E-state index in [1.54, 1.807) is 20.8 Å². The standard InChI is InChI=1S/C16H21N3O4/c1-16(2,3)23-15(21)19-13(11-22-14(20)10-18-17)9-12-7-5-4-6-8-12/h4-8,10,13H,9,11H2,1-3H3,(H,19,21)/t13-/m1/s1. The normalized spacial score (nSPS) is 11.8. The van der Waals surface area contributed by atoms with Crippen LogP contribution in [0.1, 0.15) is 26.3 Å². The van der Waals surface area contributed by atoms with Crippen LogP contribution in [-0.4, -0.2) is 41.3 Å². The smallest absolute Gasteiger partial charge is 0.413 e. The van der Waals surface area contributed by atoms with E-state index in [4.69, 9.17) is 15.0 Å². The van der Waals surface area contributed by atoms with E-state index in [2.05, 4.69) is 10.1 Å². The van der Waals surface area contributed by atoms with Crippen LogP contribution in [0.4, 0.5) is 4.79 Å². The first-order valence-corrected chi connectivity index (χ1v) is 7.18. The summed E-state index contributed by atoms with van der Waals surface area (Å²) in [6.45, 7) is 5.21. The van der Waals surface area contributed by atoms with Gasteiger partial charge in [0, 0.05) is 0 Å². The lowest BCUT2D eigenvalue weighted by atomic mass is 10.1. The Hall–Kier alpha value is -2.66. The van der Waals surface area contributed by atoms with Crippen LogP contribution in [0.2, 0.25) is 0 Å². The molecule has 0 saturated carbocycles. The van der Waals surface area contributed by atoms with Gasteiger partial charge in [0.05, 0.1) is 6.04 Å². The Kier molecular flexibility index (Phi) is 6.96. The van der Waals surface area contributed by atoms with Crippen LogP contribution in [0.15, 0.2) is 30.3 Å². The number of hydrogen-bond donors (Lipinski definition) is 1. The molecule has 0 aliphatic heterocycles. The summed E-state index contributed by atoms with van der Waals surface area (Å²) in [5.74, 6) is -0.795. The van der Waals surface area contributed by atoms with Crippen molar-refractivity contribution < 1.29 is 23.9 Å². The summed E-state index contributed by atoms with van der Waals surface area (Å²) < 4.78 is 10.1. The van der Waals surface area contributed by atoms with E-state index in [0.717, 1.165) is 5.56 Å². The highest BCUT2D eigenvalue weighted by Crippen LogP contribution is 2.08. The third kappa shape index (κ3) is 8.38. The number of benzene rings is 1. The molecule has 0 fully saturated rings. The highest BCUT2D eigenvalue weighted by Gasteiger charge is 2.21. The first-order valence-electron chi connectivity index (χ1n) is 7.18. The number of nitrogens with zero attached hydrogens (tertiary/aromatic N) is 2. The Morgan fingerprint density at radius 1 is 1.30 bits per heavy atom. The molecule has 0 spiro atoms. The largest absolute Gasteiger partial charge is 0.455 e. The van der Waals surface area contributed by atoms with Crippen LogP contribution < -0.4 is 5.32 Å². The number of nitrogens with one attached hydrogen (secondary N) is 1. The average molecular weight is 319 g/mol.